The van der Waals surface area contributed by atoms with Crippen molar-refractivity contribution in [3.05, 3.63) is 0 Å². The van der Waals surface area contributed by atoms with Crippen molar-refractivity contribution in [1.82, 2.24) is 0 Å². The number of carbonyl (C=O) groups is 2. The summed E-state index contributed by atoms with van der Waals surface area (Å²) in [6.45, 7) is 3.76. The minimum Gasteiger partial charge on any atom is -0.748 e. The molecule has 0 bridgehead atoms. The first kappa shape index (κ1) is 58.6. The predicted octanol–water partition coefficient (Wildman–Crippen LogP) is 6.34. The fraction of sp³-hybridized carbons (Fsp3) is 0.956. The summed E-state index contributed by atoms with van der Waals surface area (Å²) >= 11 is 0. The van der Waals surface area contributed by atoms with E-state index in [4.69, 9.17) is 18.9 Å². The first-order valence-corrected chi connectivity index (χ1v) is 25.2. The Kier molecular flexibility index (Phi) is 39.0. The number of aliphatic hydroxyl groups excluding tert-OH is 3. The van der Waals surface area contributed by atoms with Gasteiger partial charge in [0.25, 0.3) is 0 Å². The van der Waals surface area contributed by atoms with Crippen LogP contribution in [0.4, 0.5) is 0 Å². The van der Waals surface area contributed by atoms with Crippen LogP contribution >= 0.6 is 0 Å². The van der Waals surface area contributed by atoms with Crippen LogP contribution in [0.15, 0.2) is 0 Å². The molecule has 14 heteroatoms. The molecule has 1 fully saturated rings. The number of hydrogen-bond donors (Lipinski definition) is 3. The number of carbonyl (C=O) groups excluding carboxylic acids is 2. The molecule has 0 aromatic rings. The minimum absolute atomic E-state index is 0. The van der Waals surface area contributed by atoms with Gasteiger partial charge in [0.1, 0.15) is 31.0 Å². The normalized spacial score (nSPS) is 19.9. The van der Waals surface area contributed by atoms with Crippen LogP contribution in [-0.2, 0) is 38.7 Å². The van der Waals surface area contributed by atoms with Crippen LogP contribution in [0.25, 0.3) is 0 Å². The molecule has 1 aliphatic heterocycles. The standard InChI is InChI=1S/C45H86O12S.Na/c1-3-5-7-9-11-13-15-17-19-21-23-25-27-29-31-33-40(46)54-35-38(36-55-45-44(50)43(49)42(48)39(57-45)37-58(51,52)53)56-41(47)34-32-30-28-26-24-22-20-18-16-14-12-10-8-6-4-2;/h38-39,42-45,48-50H,3-37H2,1-2H3,(H,51,52,53);/q;+1/p-1/t38?,39-,42+,43+,44-,45+;/m1./s1. The summed E-state index contributed by atoms with van der Waals surface area (Å²) < 4.78 is 55.9. The summed E-state index contributed by atoms with van der Waals surface area (Å²) in [5.74, 6) is -2.09. The van der Waals surface area contributed by atoms with Crippen molar-refractivity contribution >= 4 is 22.1 Å². The summed E-state index contributed by atoms with van der Waals surface area (Å²) in [6, 6.07) is 0. The van der Waals surface area contributed by atoms with Crippen LogP contribution in [0, 0.1) is 0 Å². The SMILES string of the molecule is CCCCCCCCCCCCCCCCCC(=O)OCC(CO[C@H]1O[C@H](CS(=O)(=O)[O-])[C@H](O)[C@H](O)[C@H]1O)OC(=O)CCCCCCCCCCCCCCCCC.[Na+]. The molecule has 1 aliphatic rings. The first-order valence-electron chi connectivity index (χ1n) is 23.6. The van der Waals surface area contributed by atoms with Crippen LogP contribution in [0.3, 0.4) is 0 Å². The van der Waals surface area contributed by atoms with Gasteiger partial charge in [0.15, 0.2) is 12.4 Å². The fourth-order valence-electron chi connectivity index (χ4n) is 7.50. The Morgan fingerprint density at radius 1 is 0.542 bits per heavy atom. The quantitative estimate of drug-likeness (QED) is 0.0269. The Morgan fingerprint density at radius 2 is 0.898 bits per heavy atom. The third-order valence-corrected chi connectivity index (χ3v) is 11.9. The zero-order valence-corrected chi connectivity index (χ0v) is 40.5. The second kappa shape index (κ2) is 39.3. The van der Waals surface area contributed by atoms with E-state index >= 15 is 0 Å². The van der Waals surface area contributed by atoms with Gasteiger partial charge in [0.2, 0.25) is 0 Å². The summed E-state index contributed by atoms with van der Waals surface area (Å²) in [5, 5.41) is 30.8. The van der Waals surface area contributed by atoms with E-state index in [-0.39, 0.29) is 49.0 Å². The van der Waals surface area contributed by atoms with Gasteiger partial charge in [0.05, 0.1) is 22.5 Å². The van der Waals surface area contributed by atoms with E-state index in [2.05, 4.69) is 13.8 Å². The van der Waals surface area contributed by atoms with E-state index in [0.29, 0.717) is 12.8 Å². The molecule has 1 heterocycles. The molecule has 0 spiro atoms. The van der Waals surface area contributed by atoms with Crippen LogP contribution in [-0.4, -0.2) is 96.0 Å². The summed E-state index contributed by atoms with van der Waals surface area (Å²) in [7, 11) is -4.85. The van der Waals surface area contributed by atoms with Gasteiger partial charge in [0, 0.05) is 12.8 Å². The van der Waals surface area contributed by atoms with E-state index < -0.39 is 71.2 Å². The van der Waals surface area contributed by atoms with E-state index in [1.54, 1.807) is 0 Å². The molecule has 12 nitrogen and oxygen atoms in total. The molecule has 1 unspecified atom stereocenters. The van der Waals surface area contributed by atoms with Gasteiger partial charge < -0.3 is 38.8 Å². The van der Waals surface area contributed by atoms with Gasteiger partial charge in [-0.15, -0.1) is 0 Å². The Hall–Kier alpha value is -0.350. The second-order valence-electron chi connectivity index (χ2n) is 16.8. The van der Waals surface area contributed by atoms with Crippen molar-refractivity contribution in [1.29, 1.82) is 0 Å². The van der Waals surface area contributed by atoms with Crippen molar-refractivity contribution < 1.29 is 86.4 Å². The van der Waals surface area contributed by atoms with Gasteiger partial charge in [-0.2, -0.15) is 0 Å². The van der Waals surface area contributed by atoms with Gasteiger partial charge >= 0.3 is 41.5 Å². The zero-order chi connectivity index (χ0) is 42.7. The molecule has 1 saturated heterocycles. The maximum absolute atomic E-state index is 12.8. The molecule has 0 radical (unpaired) electrons. The van der Waals surface area contributed by atoms with Crippen molar-refractivity contribution in [3.63, 3.8) is 0 Å². The smallest absolute Gasteiger partial charge is 0.748 e. The van der Waals surface area contributed by atoms with Crippen LogP contribution in [0.1, 0.15) is 219 Å². The second-order valence-corrected chi connectivity index (χ2v) is 18.2. The number of unbranched alkanes of at least 4 members (excludes halogenated alkanes) is 28. The van der Waals surface area contributed by atoms with Gasteiger partial charge in [-0.3, -0.25) is 9.59 Å². The molecule has 344 valence electrons. The third kappa shape index (κ3) is 33.8. The van der Waals surface area contributed by atoms with E-state index in [0.717, 1.165) is 38.5 Å². The van der Waals surface area contributed by atoms with Crippen molar-refractivity contribution in [2.24, 2.45) is 0 Å². The van der Waals surface area contributed by atoms with Crippen molar-refractivity contribution in [3.8, 4) is 0 Å². The fourth-order valence-corrected chi connectivity index (χ4v) is 8.17. The number of hydrogen-bond acceptors (Lipinski definition) is 12. The summed E-state index contributed by atoms with van der Waals surface area (Å²) in [6.07, 6.45) is 26.8. The summed E-state index contributed by atoms with van der Waals surface area (Å²) in [5.41, 5.74) is 0. The van der Waals surface area contributed by atoms with Gasteiger partial charge in [-0.1, -0.05) is 194 Å². The van der Waals surface area contributed by atoms with Crippen LogP contribution in [0.5, 0.6) is 0 Å². The third-order valence-electron chi connectivity index (χ3n) is 11.2. The van der Waals surface area contributed by atoms with Crippen molar-refractivity contribution in [2.75, 3.05) is 19.0 Å². The molecule has 6 atom stereocenters. The van der Waals surface area contributed by atoms with E-state index in [1.807, 2.05) is 0 Å². The maximum atomic E-state index is 12.8. The molecule has 0 aromatic heterocycles. The van der Waals surface area contributed by atoms with Crippen LogP contribution < -0.4 is 29.6 Å². The molecule has 0 amide bonds. The average Bonchev–Trinajstić information content (AvgIpc) is 3.18. The average molecular weight is 873 g/mol. The molecular weight excluding hydrogens is 788 g/mol. The minimum atomic E-state index is -4.85. The Morgan fingerprint density at radius 3 is 1.27 bits per heavy atom. The Balaban J connectivity index is 0.0000336. The molecule has 59 heavy (non-hydrogen) atoms. The number of rotatable bonds is 40. The van der Waals surface area contributed by atoms with Crippen LogP contribution in [0.2, 0.25) is 0 Å². The topological polar surface area (TPSA) is 189 Å². The zero-order valence-electron chi connectivity index (χ0n) is 37.6. The van der Waals surface area contributed by atoms with Gasteiger partial charge in [-0.05, 0) is 12.8 Å². The monoisotopic (exact) mass is 873 g/mol. The molecule has 0 aromatic carbocycles. The molecular formula is C45H85NaO12S. The maximum Gasteiger partial charge on any atom is 1.00 e. The van der Waals surface area contributed by atoms with Crippen molar-refractivity contribution in [2.45, 2.75) is 256 Å². The first-order chi connectivity index (χ1) is 28.0. The van der Waals surface area contributed by atoms with E-state index in [1.165, 1.54) is 141 Å². The van der Waals surface area contributed by atoms with Gasteiger partial charge in [-0.25, -0.2) is 8.42 Å². The number of aliphatic hydroxyl groups is 3. The Bertz CT molecular complexity index is 1100. The molecule has 1 rings (SSSR count). The number of esters is 2. The molecule has 0 aliphatic carbocycles. The number of ether oxygens (including phenoxy) is 4. The largest absolute Gasteiger partial charge is 1.00 e. The van der Waals surface area contributed by atoms with E-state index in [9.17, 15) is 37.9 Å². The Labute approximate surface area is 381 Å². The summed E-state index contributed by atoms with van der Waals surface area (Å²) in [4.78, 5) is 25.4. The molecule has 3 N–H and O–H groups in total. The predicted molar refractivity (Wildman–Crippen MR) is 227 cm³/mol. The molecule has 0 saturated carbocycles.